The molecule has 0 aromatic heterocycles. The zero-order chi connectivity index (χ0) is 10.4. The lowest BCUT2D eigenvalue weighted by Crippen LogP contribution is -2.27. The van der Waals surface area contributed by atoms with Crippen molar-refractivity contribution in [3.63, 3.8) is 0 Å². The third-order valence-corrected chi connectivity index (χ3v) is 4.37. The molecule has 0 amide bonds. The first-order valence-corrected chi connectivity index (χ1v) is 6.54. The van der Waals surface area contributed by atoms with Crippen molar-refractivity contribution in [2.24, 2.45) is 17.6 Å². The molecule has 1 heterocycles. The first kappa shape index (κ1) is 10.1. The van der Waals surface area contributed by atoms with Crippen molar-refractivity contribution in [2.75, 3.05) is 13.1 Å². The number of hydrogen-bond donors (Lipinski definition) is 1. The first-order chi connectivity index (χ1) is 7.24. The van der Waals surface area contributed by atoms with Gasteiger partial charge in [-0.1, -0.05) is 12.1 Å². The lowest BCUT2D eigenvalue weighted by Gasteiger charge is -2.18. The topological polar surface area (TPSA) is 29.3 Å². The Morgan fingerprint density at radius 3 is 2.40 bits per heavy atom. The Bertz CT molecular complexity index is 350. The van der Waals surface area contributed by atoms with Crippen molar-refractivity contribution < 1.29 is 0 Å². The molecule has 1 aliphatic heterocycles. The molecule has 2 unspecified atom stereocenters. The number of nitrogens with two attached hydrogens (primary N) is 1. The third-order valence-electron chi connectivity index (χ3n) is 3.66. The molecule has 2 fully saturated rings. The molecule has 15 heavy (non-hydrogen) atoms. The molecule has 2 aliphatic rings. The van der Waals surface area contributed by atoms with Gasteiger partial charge in [-0.15, -0.1) is 0 Å². The van der Waals surface area contributed by atoms with Crippen molar-refractivity contribution in [2.45, 2.75) is 12.6 Å². The van der Waals surface area contributed by atoms with Crippen LogP contribution in [0.15, 0.2) is 24.3 Å². The first-order valence-electron chi connectivity index (χ1n) is 5.46. The maximum absolute atomic E-state index is 5.92. The predicted molar refractivity (Wildman–Crippen MR) is 69.4 cm³/mol. The van der Waals surface area contributed by atoms with E-state index in [1.54, 1.807) is 0 Å². The summed E-state index contributed by atoms with van der Waals surface area (Å²) in [6.45, 7) is 3.51. The van der Waals surface area contributed by atoms with E-state index in [-0.39, 0.29) is 0 Å². The van der Waals surface area contributed by atoms with Gasteiger partial charge in [0.15, 0.2) is 0 Å². The highest BCUT2D eigenvalue weighted by molar-refractivity contribution is 14.1. The minimum atomic E-state index is 0.512. The molecule has 3 rings (SSSR count). The van der Waals surface area contributed by atoms with Crippen molar-refractivity contribution in [3.05, 3.63) is 33.4 Å². The maximum Gasteiger partial charge on any atom is 0.0234 e. The van der Waals surface area contributed by atoms with Crippen molar-refractivity contribution >= 4 is 22.6 Å². The lowest BCUT2D eigenvalue weighted by atomic mass is 10.2. The van der Waals surface area contributed by atoms with Gasteiger partial charge in [-0.2, -0.15) is 0 Å². The van der Waals surface area contributed by atoms with Crippen LogP contribution in [0.5, 0.6) is 0 Å². The highest BCUT2D eigenvalue weighted by Gasteiger charge is 2.53. The average Bonchev–Trinajstić information content (AvgIpc) is 2.66. The van der Waals surface area contributed by atoms with E-state index in [4.69, 9.17) is 5.73 Å². The van der Waals surface area contributed by atoms with E-state index >= 15 is 0 Å². The fourth-order valence-corrected chi connectivity index (χ4v) is 3.00. The molecule has 0 bridgehead atoms. The van der Waals surface area contributed by atoms with Gasteiger partial charge in [-0.05, 0) is 52.1 Å². The summed E-state index contributed by atoms with van der Waals surface area (Å²) in [4.78, 5) is 2.53. The van der Waals surface area contributed by atoms with E-state index in [0.717, 1.165) is 18.4 Å². The molecule has 2 nitrogen and oxygen atoms in total. The zero-order valence-electron chi connectivity index (χ0n) is 8.57. The fraction of sp³-hybridized carbons (Fsp3) is 0.500. The van der Waals surface area contributed by atoms with E-state index in [1.165, 1.54) is 22.2 Å². The Labute approximate surface area is 104 Å². The molecular weight excluding hydrogens is 299 g/mol. The van der Waals surface area contributed by atoms with E-state index < -0.39 is 0 Å². The van der Waals surface area contributed by atoms with Crippen LogP contribution in [0.2, 0.25) is 0 Å². The number of likely N-dealkylation sites (tertiary alicyclic amines) is 1. The molecule has 1 saturated heterocycles. The Morgan fingerprint density at radius 2 is 1.80 bits per heavy atom. The standard InChI is InChI=1S/C12H15IN2/c13-9-3-1-8(2-4-9)5-15-6-10-11(7-15)12(10)14/h1-4,10-12H,5-7,14H2. The van der Waals surface area contributed by atoms with Gasteiger partial charge in [-0.25, -0.2) is 0 Å². The van der Waals surface area contributed by atoms with Crippen LogP contribution in [0.3, 0.4) is 0 Å². The summed E-state index contributed by atoms with van der Waals surface area (Å²) in [7, 11) is 0. The molecular formula is C12H15IN2. The number of benzene rings is 1. The van der Waals surface area contributed by atoms with E-state index in [1.807, 2.05) is 0 Å². The van der Waals surface area contributed by atoms with Crippen molar-refractivity contribution in [1.29, 1.82) is 0 Å². The molecule has 1 aromatic rings. The molecule has 1 saturated carbocycles. The van der Waals surface area contributed by atoms with Crippen LogP contribution in [0.1, 0.15) is 5.56 Å². The molecule has 1 aliphatic carbocycles. The number of halogens is 1. The predicted octanol–water partition coefficient (Wildman–Crippen LogP) is 1.68. The molecule has 3 heteroatoms. The van der Waals surface area contributed by atoms with Crippen LogP contribution in [-0.4, -0.2) is 24.0 Å². The third kappa shape index (κ3) is 1.92. The number of fused-ring (bicyclic) bond motifs is 1. The summed E-state index contributed by atoms with van der Waals surface area (Å²) in [5, 5.41) is 0. The fourth-order valence-electron chi connectivity index (χ4n) is 2.64. The van der Waals surface area contributed by atoms with Crippen LogP contribution in [0.4, 0.5) is 0 Å². The number of hydrogen-bond acceptors (Lipinski definition) is 2. The van der Waals surface area contributed by atoms with Crippen LogP contribution >= 0.6 is 22.6 Å². The van der Waals surface area contributed by atoms with Crippen LogP contribution in [-0.2, 0) is 6.54 Å². The highest BCUT2D eigenvalue weighted by atomic mass is 127. The molecule has 0 radical (unpaired) electrons. The minimum absolute atomic E-state index is 0.512. The Morgan fingerprint density at radius 1 is 1.20 bits per heavy atom. The highest BCUT2D eigenvalue weighted by Crippen LogP contribution is 2.44. The van der Waals surface area contributed by atoms with Gasteiger partial charge in [0.2, 0.25) is 0 Å². The lowest BCUT2D eigenvalue weighted by molar-refractivity contribution is 0.290. The van der Waals surface area contributed by atoms with Gasteiger partial charge in [0.05, 0.1) is 0 Å². The van der Waals surface area contributed by atoms with Gasteiger partial charge in [0.25, 0.3) is 0 Å². The normalized spacial score (nSPS) is 34.1. The van der Waals surface area contributed by atoms with Gasteiger partial charge in [-0.3, -0.25) is 4.90 Å². The average molecular weight is 314 g/mol. The second-order valence-electron chi connectivity index (χ2n) is 4.73. The molecule has 1 aromatic carbocycles. The smallest absolute Gasteiger partial charge is 0.0234 e. The summed E-state index contributed by atoms with van der Waals surface area (Å²) in [5.74, 6) is 1.60. The Hall–Kier alpha value is -0.130. The second kappa shape index (κ2) is 3.71. The van der Waals surface area contributed by atoms with E-state index in [2.05, 4.69) is 51.8 Å². The summed E-state index contributed by atoms with van der Waals surface area (Å²) < 4.78 is 1.31. The summed E-state index contributed by atoms with van der Waals surface area (Å²) in [5.41, 5.74) is 7.34. The maximum atomic E-state index is 5.92. The zero-order valence-corrected chi connectivity index (χ0v) is 10.7. The van der Waals surface area contributed by atoms with Crippen LogP contribution < -0.4 is 5.73 Å². The SMILES string of the molecule is NC1C2CN(Cc3ccc(I)cc3)CC12. The molecule has 2 atom stereocenters. The van der Waals surface area contributed by atoms with Gasteiger partial charge >= 0.3 is 0 Å². The largest absolute Gasteiger partial charge is 0.327 e. The Balaban J connectivity index is 1.60. The summed E-state index contributed by atoms with van der Waals surface area (Å²) in [6, 6.07) is 9.33. The van der Waals surface area contributed by atoms with Gasteiger partial charge in [0, 0.05) is 29.2 Å². The van der Waals surface area contributed by atoms with E-state index in [0.29, 0.717) is 6.04 Å². The molecule has 0 spiro atoms. The van der Waals surface area contributed by atoms with Crippen LogP contribution in [0.25, 0.3) is 0 Å². The van der Waals surface area contributed by atoms with Crippen molar-refractivity contribution in [1.82, 2.24) is 4.90 Å². The number of nitrogens with zero attached hydrogens (tertiary/aromatic N) is 1. The molecule has 80 valence electrons. The second-order valence-corrected chi connectivity index (χ2v) is 5.97. The summed E-state index contributed by atoms with van der Waals surface area (Å²) >= 11 is 2.34. The van der Waals surface area contributed by atoms with Gasteiger partial charge < -0.3 is 5.73 Å². The monoisotopic (exact) mass is 314 g/mol. The molecule has 2 N–H and O–H groups in total. The number of rotatable bonds is 2. The summed E-state index contributed by atoms with van der Waals surface area (Å²) in [6.07, 6.45) is 0. The number of piperidine rings is 1. The van der Waals surface area contributed by atoms with Crippen LogP contribution in [0, 0.1) is 15.4 Å². The Kier molecular flexibility index (Phi) is 2.49. The van der Waals surface area contributed by atoms with Crippen molar-refractivity contribution in [3.8, 4) is 0 Å². The minimum Gasteiger partial charge on any atom is -0.327 e. The van der Waals surface area contributed by atoms with Gasteiger partial charge in [0.1, 0.15) is 0 Å². The van der Waals surface area contributed by atoms with E-state index in [9.17, 15) is 0 Å². The quantitative estimate of drug-likeness (QED) is 0.842.